The van der Waals surface area contributed by atoms with Gasteiger partial charge in [0.15, 0.2) is 0 Å². The van der Waals surface area contributed by atoms with Gasteiger partial charge in [0.05, 0.1) is 35.5 Å². The second-order valence-corrected chi connectivity index (χ2v) is 8.05. The van der Waals surface area contributed by atoms with Crippen LogP contribution >= 0.6 is 0 Å². The summed E-state index contributed by atoms with van der Waals surface area (Å²) in [6, 6.07) is 12.1. The molecule has 0 fully saturated rings. The minimum atomic E-state index is -0.257. The van der Waals surface area contributed by atoms with E-state index in [9.17, 15) is 19.2 Å². The van der Waals surface area contributed by atoms with E-state index in [0.29, 0.717) is 74.6 Å². The highest BCUT2D eigenvalue weighted by atomic mass is 16.5. The fraction of sp³-hybridized carbons (Fsp3) is 0.360. The molecule has 0 N–H and O–H groups in total. The first-order valence-electron chi connectivity index (χ1n) is 11.1. The second-order valence-electron chi connectivity index (χ2n) is 8.05. The van der Waals surface area contributed by atoms with Crippen molar-refractivity contribution in [3.63, 3.8) is 0 Å². The van der Waals surface area contributed by atoms with Crippen molar-refractivity contribution in [1.82, 2.24) is 9.80 Å². The van der Waals surface area contributed by atoms with Gasteiger partial charge in [-0.2, -0.15) is 0 Å². The number of hydrogen-bond acceptors (Lipinski definition) is 6. The lowest BCUT2D eigenvalue weighted by Crippen LogP contribution is -2.31. The Morgan fingerprint density at radius 2 is 1.06 bits per heavy atom. The van der Waals surface area contributed by atoms with E-state index in [-0.39, 0.29) is 23.6 Å². The molecule has 0 atom stereocenters. The zero-order chi connectivity index (χ0) is 23.4. The minimum absolute atomic E-state index is 0.250. The highest BCUT2D eigenvalue weighted by Gasteiger charge is 2.35. The summed E-state index contributed by atoms with van der Waals surface area (Å²) in [6.07, 6.45) is 1.09. The van der Waals surface area contributed by atoms with E-state index in [0.717, 1.165) is 5.56 Å². The van der Waals surface area contributed by atoms with Gasteiger partial charge in [0.2, 0.25) is 0 Å². The Bertz CT molecular complexity index is 1060. The Kier molecular flexibility index (Phi) is 6.96. The molecule has 2 aliphatic heterocycles. The fourth-order valence-corrected chi connectivity index (χ4v) is 4.02. The fourth-order valence-electron chi connectivity index (χ4n) is 4.02. The molecule has 4 amide bonds. The molecule has 2 heterocycles. The third-order valence-electron chi connectivity index (χ3n) is 5.72. The van der Waals surface area contributed by atoms with E-state index in [1.807, 2.05) is 13.0 Å². The molecule has 4 rings (SSSR count). The smallest absolute Gasteiger partial charge is 0.261 e. The van der Waals surface area contributed by atoms with Crippen LogP contribution < -0.4 is 0 Å². The largest absolute Gasteiger partial charge is 0.379 e. The molecule has 2 aliphatic rings. The third kappa shape index (κ3) is 4.72. The Morgan fingerprint density at radius 3 is 1.58 bits per heavy atom. The number of carbonyl (C=O) groups is 4. The first-order valence-corrected chi connectivity index (χ1v) is 11.1. The molecule has 172 valence electrons. The third-order valence-corrected chi connectivity index (χ3v) is 5.72. The molecule has 0 radical (unpaired) electrons. The van der Waals surface area contributed by atoms with Crippen molar-refractivity contribution in [2.24, 2.45) is 0 Å². The quantitative estimate of drug-likeness (QED) is 0.386. The lowest BCUT2D eigenvalue weighted by molar-refractivity contribution is 0.0383. The van der Waals surface area contributed by atoms with Crippen molar-refractivity contribution in [2.75, 3.05) is 39.5 Å². The number of hydrogen-bond donors (Lipinski definition) is 0. The lowest BCUT2D eigenvalue weighted by atomic mass is 10.1. The van der Waals surface area contributed by atoms with Crippen LogP contribution in [0.2, 0.25) is 0 Å². The van der Waals surface area contributed by atoms with Gasteiger partial charge >= 0.3 is 0 Å². The first-order chi connectivity index (χ1) is 16.0. The van der Waals surface area contributed by atoms with Crippen LogP contribution in [-0.4, -0.2) is 72.9 Å². The molecular formula is C25H26N2O6. The Labute approximate surface area is 192 Å². The predicted octanol–water partition coefficient (Wildman–Crippen LogP) is 2.70. The van der Waals surface area contributed by atoms with E-state index < -0.39 is 0 Å². The molecule has 33 heavy (non-hydrogen) atoms. The molecule has 0 saturated carbocycles. The predicted molar refractivity (Wildman–Crippen MR) is 119 cm³/mol. The Hall–Kier alpha value is -3.36. The first kappa shape index (κ1) is 22.8. The number of aryl methyl sites for hydroxylation is 1. The van der Waals surface area contributed by atoms with Crippen LogP contribution in [0.1, 0.15) is 59.8 Å². The zero-order valence-corrected chi connectivity index (χ0v) is 18.5. The van der Waals surface area contributed by atoms with E-state index in [4.69, 9.17) is 9.47 Å². The van der Waals surface area contributed by atoms with Crippen molar-refractivity contribution in [3.8, 4) is 0 Å². The van der Waals surface area contributed by atoms with E-state index in [1.165, 1.54) is 9.80 Å². The average molecular weight is 450 g/mol. The molecule has 8 nitrogen and oxygen atoms in total. The summed E-state index contributed by atoms with van der Waals surface area (Å²) in [7, 11) is 0. The standard InChI is InChI=1S/C25H26N2O6/c1-17-8-9-20-21(16-17)25(31)27(24(20)30)11-5-13-33-15-14-32-12-4-10-26-22(28)18-6-2-3-7-19(18)23(26)29/h2-3,6-9,16H,4-5,10-15H2,1H3. The van der Waals surface area contributed by atoms with Gasteiger partial charge in [-0.3, -0.25) is 29.0 Å². The highest BCUT2D eigenvalue weighted by Crippen LogP contribution is 2.24. The molecule has 2 aromatic rings. The number of carbonyl (C=O) groups excluding carboxylic acids is 4. The van der Waals surface area contributed by atoms with Crippen molar-refractivity contribution < 1.29 is 28.7 Å². The molecule has 0 saturated heterocycles. The maximum atomic E-state index is 12.4. The lowest BCUT2D eigenvalue weighted by Gasteiger charge is -2.14. The molecule has 0 unspecified atom stereocenters. The summed E-state index contributed by atoms with van der Waals surface area (Å²) in [6.45, 7) is 4.10. The molecule has 0 spiro atoms. The summed E-state index contributed by atoms with van der Waals surface area (Å²) >= 11 is 0. The number of imide groups is 2. The van der Waals surface area contributed by atoms with Crippen molar-refractivity contribution in [3.05, 3.63) is 70.3 Å². The van der Waals surface area contributed by atoms with Gasteiger partial charge in [-0.05, 0) is 44.0 Å². The van der Waals surface area contributed by atoms with Gasteiger partial charge in [0, 0.05) is 26.3 Å². The summed E-state index contributed by atoms with van der Waals surface area (Å²) in [5, 5.41) is 0. The summed E-state index contributed by atoms with van der Waals surface area (Å²) < 4.78 is 11.0. The number of benzene rings is 2. The van der Waals surface area contributed by atoms with Crippen LogP contribution in [0.3, 0.4) is 0 Å². The molecule has 8 heteroatoms. The Morgan fingerprint density at radius 1 is 0.606 bits per heavy atom. The van der Waals surface area contributed by atoms with Crippen LogP contribution in [-0.2, 0) is 9.47 Å². The Balaban J connectivity index is 1.06. The summed E-state index contributed by atoms with van der Waals surface area (Å²) in [4.78, 5) is 51.9. The maximum Gasteiger partial charge on any atom is 0.261 e. The van der Waals surface area contributed by atoms with Crippen molar-refractivity contribution in [1.29, 1.82) is 0 Å². The molecule has 2 aromatic carbocycles. The number of nitrogens with zero attached hydrogens (tertiary/aromatic N) is 2. The van der Waals surface area contributed by atoms with Crippen LogP contribution in [0.15, 0.2) is 42.5 Å². The zero-order valence-electron chi connectivity index (χ0n) is 18.5. The van der Waals surface area contributed by atoms with Gasteiger partial charge in [0.1, 0.15) is 0 Å². The topological polar surface area (TPSA) is 93.2 Å². The van der Waals surface area contributed by atoms with Crippen LogP contribution in [0.4, 0.5) is 0 Å². The molecule has 0 aliphatic carbocycles. The average Bonchev–Trinajstić information content (AvgIpc) is 3.20. The number of fused-ring (bicyclic) bond motifs is 2. The molecular weight excluding hydrogens is 424 g/mol. The summed E-state index contributed by atoms with van der Waals surface area (Å²) in [5.41, 5.74) is 2.78. The van der Waals surface area contributed by atoms with Crippen molar-refractivity contribution >= 4 is 23.6 Å². The summed E-state index contributed by atoms with van der Waals surface area (Å²) in [5.74, 6) is -1.02. The molecule has 0 aromatic heterocycles. The van der Waals surface area contributed by atoms with Crippen LogP contribution in [0.25, 0.3) is 0 Å². The number of amides is 4. The van der Waals surface area contributed by atoms with Crippen LogP contribution in [0.5, 0.6) is 0 Å². The maximum absolute atomic E-state index is 12.4. The SMILES string of the molecule is Cc1ccc2c(c1)C(=O)N(CCCOCCOCCCN1C(=O)c3ccccc3C1=O)C2=O. The van der Waals surface area contributed by atoms with E-state index >= 15 is 0 Å². The minimum Gasteiger partial charge on any atom is -0.379 e. The second kappa shape index (κ2) is 10.1. The molecule has 0 bridgehead atoms. The van der Waals surface area contributed by atoms with Gasteiger partial charge in [0.25, 0.3) is 23.6 Å². The van der Waals surface area contributed by atoms with Crippen molar-refractivity contribution in [2.45, 2.75) is 19.8 Å². The van der Waals surface area contributed by atoms with Gasteiger partial charge in [-0.15, -0.1) is 0 Å². The normalized spacial score (nSPS) is 14.9. The van der Waals surface area contributed by atoms with Crippen LogP contribution in [0, 0.1) is 6.92 Å². The van der Waals surface area contributed by atoms with Gasteiger partial charge in [-0.25, -0.2) is 0 Å². The monoisotopic (exact) mass is 450 g/mol. The number of ether oxygens (including phenoxy) is 2. The highest BCUT2D eigenvalue weighted by molar-refractivity contribution is 6.22. The number of rotatable bonds is 11. The van der Waals surface area contributed by atoms with Gasteiger partial charge < -0.3 is 9.47 Å². The van der Waals surface area contributed by atoms with E-state index in [2.05, 4.69) is 0 Å². The van der Waals surface area contributed by atoms with Gasteiger partial charge in [-0.1, -0.05) is 23.8 Å². The van der Waals surface area contributed by atoms with E-state index in [1.54, 1.807) is 36.4 Å².